The fourth-order valence-corrected chi connectivity index (χ4v) is 1.89. The number of benzene rings is 1. The lowest BCUT2D eigenvalue weighted by atomic mass is 10.1. The number of hydrogen-bond donors (Lipinski definition) is 4. The molecule has 1 aromatic carbocycles. The van der Waals surface area contributed by atoms with Crippen molar-refractivity contribution in [3.05, 3.63) is 35.4 Å². The Hall–Kier alpha value is -2.90. The number of hydrogen-bond acceptors (Lipinski definition) is 4. The van der Waals surface area contributed by atoms with Crippen molar-refractivity contribution in [3.63, 3.8) is 0 Å². The van der Waals surface area contributed by atoms with Crippen LogP contribution in [0, 0.1) is 0 Å². The molecule has 0 aliphatic heterocycles. The average Bonchev–Trinajstić information content (AvgIpc) is 2.55. The smallest absolute Gasteiger partial charge is 0.303 e. The summed E-state index contributed by atoms with van der Waals surface area (Å²) in [7, 11) is 0. The Balaban J connectivity index is 2.49. The molecule has 0 aromatic heterocycles. The predicted molar refractivity (Wildman–Crippen MR) is 84.8 cm³/mol. The Morgan fingerprint density at radius 2 is 1.21 bits per heavy atom. The van der Waals surface area contributed by atoms with E-state index in [0.717, 1.165) is 0 Å². The topological polar surface area (TPSA) is 133 Å². The number of carboxylic acid groups (broad SMARTS) is 2. The second kappa shape index (κ2) is 9.98. The number of carbonyl (C=O) groups excluding carboxylic acids is 2. The molecule has 0 fully saturated rings. The molecule has 24 heavy (non-hydrogen) atoms. The van der Waals surface area contributed by atoms with Crippen molar-refractivity contribution >= 4 is 23.8 Å². The van der Waals surface area contributed by atoms with Crippen LogP contribution >= 0.6 is 0 Å². The molecular weight excluding hydrogens is 316 g/mol. The van der Waals surface area contributed by atoms with E-state index in [9.17, 15) is 19.2 Å². The first-order valence-electron chi connectivity index (χ1n) is 7.50. The van der Waals surface area contributed by atoms with Gasteiger partial charge in [0.1, 0.15) is 0 Å². The zero-order chi connectivity index (χ0) is 17.9. The molecule has 8 nitrogen and oxygen atoms in total. The van der Waals surface area contributed by atoms with Crippen molar-refractivity contribution in [2.45, 2.75) is 25.7 Å². The molecule has 0 atom stereocenters. The SMILES string of the molecule is O=C(O)CCCNC(=O)c1cccc(C(=O)NCCCC(=O)O)c1. The third-order valence-electron chi connectivity index (χ3n) is 3.09. The van der Waals surface area contributed by atoms with Gasteiger partial charge in [-0.2, -0.15) is 0 Å². The molecule has 0 aliphatic rings. The Bertz CT molecular complexity index is 565. The highest BCUT2D eigenvalue weighted by molar-refractivity contribution is 5.99. The lowest BCUT2D eigenvalue weighted by Crippen LogP contribution is -2.27. The van der Waals surface area contributed by atoms with Crippen LogP contribution < -0.4 is 10.6 Å². The van der Waals surface area contributed by atoms with Crippen molar-refractivity contribution < 1.29 is 29.4 Å². The van der Waals surface area contributed by atoms with Gasteiger partial charge in [-0.15, -0.1) is 0 Å². The van der Waals surface area contributed by atoms with E-state index in [2.05, 4.69) is 10.6 Å². The molecule has 0 saturated carbocycles. The largest absolute Gasteiger partial charge is 0.481 e. The molecule has 1 rings (SSSR count). The van der Waals surface area contributed by atoms with Crippen LogP contribution in [0.5, 0.6) is 0 Å². The maximum Gasteiger partial charge on any atom is 0.303 e. The summed E-state index contributed by atoms with van der Waals surface area (Å²) in [6.45, 7) is 0.466. The number of aliphatic carboxylic acids is 2. The van der Waals surface area contributed by atoms with E-state index in [-0.39, 0.29) is 37.7 Å². The summed E-state index contributed by atoms with van der Waals surface area (Å²) in [5.74, 6) is -2.63. The van der Waals surface area contributed by atoms with Gasteiger partial charge in [-0.1, -0.05) is 6.07 Å². The van der Waals surface area contributed by atoms with E-state index in [4.69, 9.17) is 10.2 Å². The number of nitrogens with one attached hydrogen (secondary N) is 2. The molecule has 0 radical (unpaired) electrons. The van der Waals surface area contributed by atoms with Gasteiger partial charge in [-0.05, 0) is 31.0 Å². The van der Waals surface area contributed by atoms with Gasteiger partial charge < -0.3 is 20.8 Å². The first-order valence-corrected chi connectivity index (χ1v) is 7.50. The molecule has 0 unspecified atom stereocenters. The fourth-order valence-electron chi connectivity index (χ4n) is 1.89. The van der Waals surface area contributed by atoms with E-state index < -0.39 is 11.9 Å². The van der Waals surface area contributed by atoms with Crippen molar-refractivity contribution in [1.29, 1.82) is 0 Å². The molecule has 0 saturated heterocycles. The van der Waals surface area contributed by atoms with Crippen LogP contribution in [0.25, 0.3) is 0 Å². The van der Waals surface area contributed by atoms with Crippen LogP contribution in [0.2, 0.25) is 0 Å². The molecule has 0 spiro atoms. The lowest BCUT2D eigenvalue weighted by Gasteiger charge is -2.07. The summed E-state index contributed by atoms with van der Waals surface area (Å²) in [5, 5.41) is 22.2. The van der Waals surface area contributed by atoms with Gasteiger partial charge in [-0.3, -0.25) is 19.2 Å². The summed E-state index contributed by atoms with van der Waals surface area (Å²) in [6, 6.07) is 6.10. The van der Waals surface area contributed by atoms with E-state index >= 15 is 0 Å². The zero-order valence-corrected chi connectivity index (χ0v) is 13.1. The number of amides is 2. The summed E-state index contributed by atoms with van der Waals surface area (Å²) >= 11 is 0. The van der Waals surface area contributed by atoms with Gasteiger partial charge in [-0.25, -0.2) is 0 Å². The van der Waals surface area contributed by atoms with Crippen molar-refractivity contribution in [1.82, 2.24) is 10.6 Å². The maximum atomic E-state index is 11.9. The van der Waals surface area contributed by atoms with E-state index in [1.54, 1.807) is 18.2 Å². The second-order valence-electron chi connectivity index (χ2n) is 5.09. The Morgan fingerprint density at radius 1 is 0.792 bits per heavy atom. The molecule has 0 heterocycles. The van der Waals surface area contributed by atoms with Gasteiger partial charge >= 0.3 is 11.9 Å². The normalized spacial score (nSPS) is 10.0. The van der Waals surface area contributed by atoms with E-state index in [1.807, 2.05) is 0 Å². The highest BCUT2D eigenvalue weighted by Crippen LogP contribution is 2.06. The van der Waals surface area contributed by atoms with Crippen LogP contribution in [0.4, 0.5) is 0 Å². The van der Waals surface area contributed by atoms with Crippen LogP contribution in [0.3, 0.4) is 0 Å². The van der Waals surface area contributed by atoms with Crippen LogP contribution in [-0.2, 0) is 9.59 Å². The summed E-state index contributed by atoms with van der Waals surface area (Å²) in [4.78, 5) is 44.7. The van der Waals surface area contributed by atoms with Gasteiger partial charge in [0.2, 0.25) is 0 Å². The highest BCUT2D eigenvalue weighted by atomic mass is 16.4. The summed E-state index contributed by atoms with van der Waals surface area (Å²) < 4.78 is 0. The molecule has 130 valence electrons. The van der Waals surface area contributed by atoms with Crippen LogP contribution in [0.15, 0.2) is 24.3 Å². The van der Waals surface area contributed by atoms with E-state index in [0.29, 0.717) is 24.0 Å². The maximum absolute atomic E-state index is 11.9. The monoisotopic (exact) mass is 336 g/mol. The first kappa shape index (κ1) is 19.1. The molecular formula is C16H20N2O6. The van der Waals surface area contributed by atoms with Crippen molar-refractivity contribution in [2.75, 3.05) is 13.1 Å². The highest BCUT2D eigenvalue weighted by Gasteiger charge is 2.10. The Labute approximate surface area is 138 Å². The van der Waals surface area contributed by atoms with Gasteiger partial charge in [0.05, 0.1) is 0 Å². The number of carboxylic acids is 2. The van der Waals surface area contributed by atoms with Gasteiger partial charge in [0, 0.05) is 37.1 Å². The molecule has 2 amide bonds. The minimum Gasteiger partial charge on any atom is -0.481 e. The third-order valence-corrected chi connectivity index (χ3v) is 3.09. The molecule has 0 bridgehead atoms. The second-order valence-corrected chi connectivity index (χ2v) is 5.09. The molecule has 1 aromatic rings. The predicted octanol–water partition coefficient (Wildman–Crippen LogP) is 0.876. The van der Waals surface area contributed by atoms with Gasteiger partial charge in [0.25, 0.3) is 11.8 Å². The quantitative estimate of drug-likeness (QED) is 0.469. The number of carbonyl (C=O) groups is 4. The molecule has 0 aliphatic carbocycles. The van der Waals surface area contributed by atoms with E-state index in [1.165, 1.54) is 6.07 Å². The Kier molecular flexibility index (Phi) is 7.97. The van der Waals surface area contributed by atoms with Crippen molar-refractivity contribution in [2.24, 2.45) is 0 Å². The summed E-state index contributed by atoms with van der Waals surface area (Å²) in [6.07, 6.45) is 0.591. The lowest BCUT2D eigenvalue weighted by molar-refractivity contribution is -0.138. The van der Waals surface area contributed by atoms with Gasteiger partial charge in [0.15, 0.2) is 0 Å². The minimum absolute atomic E-state index is 0.0287. The Morgan fingerprint density at radius 3 is 1.58 bits per heavy atom. The van der Waals surface area contributed by atoms with Crippen LogP contribution in [0.1, 0.15) is 46.4 Å². The molecule has 8 heteroatoms. The zero-order valence-electron chi connectivity index (χ0n) is 13.1. The minimum atomic E-state index is -0.925. The van der Waals surface area contributed by atoms with Crippen molar-refractivity contribution in [3.8, 4) is 0 Å². The first-order chi connectivity index (χ1) is 11.4. The third kappa shape index (κ3) is 7.39. The number of rotatable bonds is 10. The average molecular weight is 336 g/mol. The standard InChI is InChI=1S/C16H20N2O6/c19-13(20)6-2-8-17-15(23)11-4-1-5-12(10-11)16(24)18-9-3-7-14(21)22/h1,4-5,10H,2-3,6-9H2,(H,17,23)(H,18,24)(H,19,20)(H,21,22). The molecule has 4 N–H and O–H groups in total. The van der Waals surface area contributed by atoms with Crippen LogP contribution in [-0.4, -0.2) is 47.1 Å². The summed E-state index contributed by atoms with van der Waals surface area (Å²) in [5.41, 5.74) is 0.590. The fraction of sp³-hybridized carbons (Fsp3) is 0.375.